The molecule has 0 aliphatic rings. The lowest BCUT2D eigenvalue weighted by Crippen LogP contribution is -2.30. The van der Waals surface area contributed by atoms with Gasteiger partial charge in [0.25, 0.3) is 0 Å². The fourth-order valence-corrected chi connectivity index (χ4v) is 5.86. The Labute approximate surface area is 216 Å². The number of pyridine rings is 1. The van der Waals surface area contributed by atoms with Crippen LogP contribution in [0.5, 0.6) is 0 Å². The summed E-state index contributed by atoms with van der Waals surface area (Å²) in [4.78, 5) is 12.9. The van der Waals surface area contributed by atoms with Crippen molar-refractivity contribution >= 4 is 26.7 Å². The van der Waals surface area contributed by atoms with E-state index in [9.17, 15) is 8.42 Å². The summed E-state index contributed by atoms with van der Waals surface area (Å²) in [5.41, 5.74) is 5.19. The number of hydrogen-bond donors (Lipinski definition) is 2. The van der Waals surface area contributed by atoms with Gasteiger partial charge in [0.2, 0.25) is 10.0 Å². The maximum absolute atomic E-state index is 13.5. The first-order valence-corrected chi connectivity index (χ1v) is 13.5. The minimum absolute atomic E-state index is 0.138. The maximum atomic E-state index is 13.5. The van der Waals surface area contributed by atoms with E-state index in [0.717, 1.165) is 39.0 Å². The molecule has 5 rings (SSSR count). The Balaban J connectivity index is 1.46. The molecule has 0 radical (unpaired) electrons. The number of fused-ring (bicyclic) bond motifs is 1. The summed E-state index contributed by atoms with van der Waals surface area (Å²) >= 11 is 0. The lowest BCUT2D eigenvalue weighted by atomic mass is 9.98. The van der Waals surface area contributed by atoms with Crippen molar-refractivity contribution < 1.29 is 8.42 Å². The van der Waals surface area contributed by atoms with Crippen LogP contribution in [0.2, 0.25) is 0 Å². The average Bonchev–Trinajstić information content (AvgIpc) is 2.95. The molecule has 8 heteroatoms. The van der Waals surface area contributed by atoms with E-state index in [2.05, 4.69) is 31.1 Å². The summed E-state index contributed by atoms with van der Waals surface area (Å²) < 4.78 is 29.8. The van der Waals surface area contributed by atoms with Gasteiger partial charge in [0.05, 0.1) is 17.8 Å². The molecule has 0 aliphatic carbocycles. The summed E-state index contributed by atoms with van der Waals surface area (Å²) in [7, 11) is -1.87. The van der Waals surface area contributed by atoms with Gasteiger partial charge in [0, 0.05) is 18.6 Å². The van der Waals surface area contributed by atoms with Crippen LogP contribution in [0.4, 0.5) is 5.82 Å². The third-order valence-electron chi connectivity index (χ3n) is 6.28. The molecule has 1 unspecified atom stereocenters. The molecule has 0 amide bonds. The monoisotopic (exact) mass is 509 g/mol. The summed E-state index contributed by atoms with van der Waals surface area (Å²) in [6.07, 6.45) is 3.52. The summed E-state index contributed by atoms with van der Waals surface area (Å²) in [6.45, 7) is 0.138. The fourth-order valence-electron chi connectivity index (χ4n) is 4.38. The molecule has 0 saturated carbocycles. The molecule has 0 spiro atoms. The minimum atomic E-state index is -3.70. The first kappa shape index (κ1) is 24.5. The van der Waals surface area contributed by atoms with Crippen molar-refractivity contribution in [2.75, 3.05) is 12.4 Å². The van der Waals surface area contributed by atoms with Crippen LogP contribution in [0.25, 0.3) is 22.0 Å². The van der Waals surface area contributed by atoms with Gasteiger partial charge < -0.3 is 5.32 Å². The minimum Gasteiger partial charge on any atom is -0.373 e. The molecule has 2 heterocycles. The molecule has 7 nitrogen and oxygen atoms in total. The topological polar surface area (TPSA) is 96.9 Å². The second-order valence-corrected chi connectivity index (χ2v) is 10.6. The van der Waals surface area contributed by atoms with Crippen LogP contribution < -0.4 is 10.0 Å². The van der Waals surface area contributed by atoms with Gasteiger partial charge in [-0.3, -0.25) is 4.98 Å². The van der Waals surface area contributed by atoms with E-state index < -0.39 is 15.3 Å². The maximum Gasteiger partial charge on any atom is 0.219 e. The quantitative estimate of drug-likeness (QED) is 0.286. The number of benzene rings is 3. The Morgan fingerprint density at radius 2 is 1.62 bits per heavy atom. The average molecular weight is 510 g/mol. The molecule has 1 atom stereocenters. The predicted molar refractivity (Wildman–Crippen MR) is 147 cm³/mol. The standard InChI is InChI=1S/C29H27N5O2S/c1-30-29-26-18-24(13-14-27(26)32-20-33-29)23-11-7-8-21(16-23)17-28(22-9-3-2-4-10-22)37(35,36)34-19-25-12-5-6-15-31-25/h2-16,18,20,28,34H,17,19H2,1H3,(H,30,32,33). The van der Waals surface area contributed by atoms with Crippen molar-refractivity contribution in [2.45, 2.75) is 18.2 Å². The molecule has 2 N–H and O–H groups in total. The smallest absolute Gasteiger partial charge is 0.219 e. The van der Waals surface area contributed by atoms with E-state index in [-0.39, 0.29) is 6.54 Å². The second-order valence-electron chi connectivity index (χ2n) is 8.70. The lowest BCUT2D eigenvalue weighted by molar-refractivity contribution is 0.564. The number of aromatic nitrogens is 3. The lowest BCUT2D eigenvalue weighted by Gasteiger charge is -2.19. The van der Waals surface area contributed by atoms with E-state index >= 15 is 0 Å². The van der Waals surface area contributed by atoms with Gasteiger partial charge in [-0.25, -0.2) is 23.1 Å². The molecule has 0 aliphatic heterocycles. The molecule has 5 aromatic rings. The largest absolute Gasteiger partial charge is 0.373 e. The highest BCUT2D eigenvalue weighted by atomic mass is 32.2. The molecule has 0 saturated heterocycles. The molecular formula is C29H27N5O2S. The van der Waals surface area contributed by atoms with E-state index in [4.69, 9.17) is 0 Å². The molecule has 0 bridgehead atoms. The first-order chi connectivity index (χ1) is 18.0. The normalized spacial score (nSPS) is 12.4. The van der Waals surface area contributed by atoms with Gasteiger partial charge in [0.1, 0.15) is 17.4 Å². The summed E-state index contributed by atoms with van der Waals surface area (Å²) in [6, 6.07) is 28.8. The van der Waals surface area contributed by atoms with E-state index in [0.29, 0.717) is 12.1 Å². The number of rotatable bonds is 9. The summed E-state index contributed by atoms with van der Waals surface area (Å²) in [5.74, 6) is 0.761. The van der Waals surface area contributed by atoms with Crippen LogP contribution in [0.1, 0.15) is 22.1 Å². The van der Waals surface area contributed by atoms with Crippen molar-refractivity contribution in [1.29, 1.82) is 0 Å². The molecule has 37 heavy (non-hydrogen) atoms. The van der Waals surface area contributed by atoms with Crippen molar-refractivity contribution in [3.05, 3.63) is 120 Å². The highest BCUT2D eigenvalue weighted by Gasteiger charge is 2.27. The molecule has 3 aromatic carbocycles. The number of anilines is 1. The highest BCUT2D eigenvalue weighted by molar-refractivity contribution is 7.89. The number of hydrogen-bond acceptors (Lipinski definition) is 6. The molecule has 0 fully saturated rings. The molecular weight excluding hydrogens is 482 g/mol. The van der Waals surface area contributed by atoms with Crippen LogP contribution in [0.3, 0.4) is 0 Å². The highest BCUT2D eigenvalue weighted by Crippen LogP contribution is 2.30. The van der Waals surface area contributed by atoms with Gasteiger partial charge in [-0.05, 0) is 52.9 Å². The predicted octanol–water partition coefficient (Wildman–Crippen LogP) is 5.14. The molecule has 2 aromatic heterocycles. The fraction of sp³-hybridized carbons (Fsp3) is 0.138. The van der Waals surface area contributed by atoms with E-state index in [1.54, 1.807) is 24.7 Å². The Morgan fingerprint density at radius 1 is 0.811 bits per heavy atom. The van der Waals surface area contributed by atoms with Crippen LogP contribution in [0, 0.1) is 0 Å². The zero-order chi connectivity index (χ0) is 25.7. The third kappa shape index (κ3) is 5.66. The van der Waals surface area contributed by atoms with Gasteiger partial charge in [-0.1, -0.05) is 66.7 Å². The number of sulfonamides is 1. The van der Waals surface area contributed by atoms with Gasteiger partial charge in [-0.15, -0.1) is 0 Å². The summed E-state index contributed by atoms with van der Waals surface area (Å²) in [5, 5.41) is 3.29. The van der Waals surface area contributed by atoms with Crippen LogP contribution in [0.15, 0.2) is 104 Å². The SMILES string of the molecule is CNc1ncnc2ccc(-c3cccc(CC(c4ccccc4)S(=O)(=O)NCc4ccccn4)c3)cc12. The number of nitrogens with one attached hydrogen (secondary N) is 2. The molecule has 186 valence electrons. The van der Waals surface area contributed by atoms with Gasteiger partial charge in [-0.2, -0.15) is 0 Å². The Kier molecular flexibility index (Phi) is 7.20. The van der Waals surface area contributed by atoms with E-state index in [1.807, 2.05) is 79.8 Å². The third-order valence-corrected chi connectivity index (χ3v) is 8.01. The first-order valence-electron chi connectivity index (χ1n) is 12.0. The van der Waals surface area contributed by atoms with Crippen LogP contribution >= 0.6 is 0 Å². The van der Waals surface area contributed by atoms with Crippen LogP contribution in [-0.4, -0.2) is 30.4 Å². The van der Waals surface area contributed by atoms with Gasteiger partial charge in [0.15, 0.2) is 0 Å². The number of nitrogens with zero attached hydrogens (tertiary/aromatic N) is 3. The van der Waals surface area contributed by atoms with Crippen molar-refractivity contribution in [2.24, 2.45) is 0 Å². The Morgan fingerprint density at radius 3 is 2.41 bits per heavy atom. The Hall–Kier alpha value is -4.14. The van der Waals surface area contributed by atoms with E-state index in [1.165, 1.54) is 0 Å². The zero-order valence-electron chi connectivity index (χ0n) is 20.4. The Bertz CT molecular complexity index is 1610. The van der Waals surface area contributed by atoms with Crippen LogP contribution in [-0.2, 0) is 23.0 Å². The zero-order valence-corrected chi connectivity index (χ0v) is 21.2. The van der Waals surface area contributed by atoms with Crippen molar-refractivity contribution in [3.8, 4) is 11.1 Å². The second kappa shape index (κ2) is 10.9. The van der Waals surface area contributed by atoms with Gasteiger partial charge >= 0.3 is 0 Å². The van der Waals surface area contributed by atoms with Crippen molar-refractivity contribution in [3.63, 3.8) is 0 Å². The van der Waals surface area contributed by atoms with Crippen molar-refractivity contribution in [1.82, 2.24) is 19.7 Å².